The summed E-state index contributed by atoms with van der Waals surface area (Å²) in [6, 6.07) is 0. The Morgan fingerprint density at radius 2 is 1.45 bits per heavy atom. The van der Waals surface area contributed by atoms with Crippen molar-refractivity contribution in [1.29, 1.82) is 0 Å². The van der Waals surface area contributed by atoms with Gasteiger partial charge in [-0.05, 0) is 71.1 Å². The second-order valence-electron chi connectivity index (χ2n) is 6.98. The largest absolute Gasteiger partial charge is 0.462 e. The van der Waals surface area contributed by atoms with Crippen LogP contribution in [-0.2, 0) is 14.3 Å². The molecule has 2 aliphatic rings. The van der Waals surface area contributed by atoms with E-state index in [1.165, 1.54) is 12.8 Å². The monoisotopic (exact) mass is 282 g/mol. The van der Waals surface area contributed by atoms with Crippen LogP contribution >= 0.6 is 0 Å². The van der Waals surface area contributed by atoms with Crippen molar-refractivity contribution in [1.82, 2.24) is 0 Å². The molecule has 116 valence electrons. The van der Waals surface area contributed by atoms with Gasteiger partial charge in [0.05, 0.1) is 18.1 Å². The highest BCUT2D eigenvalue weighted by atomic mass is 16.5. The topological polar surface area (TPSA) is 35.5 Å². The molecule has 2 fully saturated rings. The third-order valence-electron chi connectivity index (χ3n) is 4.72. The second-order valence-corrected chi connectivity index (χ2v) is 6.98. The number of hydrogen-bond acceptors (Lipinski definition) is 3. The van der Waals surface area contributed by atoms with Gasteiger partial charge in [-0.15, -0.1) is 0 Å². The third-order valence-corrected chi connectivity index (χ3v) is 4.72. The Morgan fingerprint density at radius 3 is 2.00 bits per heavy atom. The van der Waals surface area contributed by atoms with E-state index in [-0.39, 0.29) is 24.1 Å². The molecule has 0 aromatic carbocycles. The van der Waals surface area contributed by atoms with Crippen molar-refractivity contribution in [3.8, 4) is 0 Å². The van der Waals surface area contributed by atoms with Gasteiger partial charge in [0, 0.05) is 0 Å². The minimum Gasteiger partial charge on any atom is -0.462 e. The van der Waals surface area contributed by atoms with Gasteiger partial charge in [0.25, 0.3) is 0 Å². The number of carbonyl (C=O) groups is 1. The van der Waals surface area contributed by atoms with E-state index in [9.17, 15) is 4.79 Å². The van der Waals surface area contributed by atoms with E-state index < -0.39 is 0 Å². The average molecular weight is 282 g/mol. The maximum atomic E-state index is 12.2. The van der Waals surface area contributed by atoms with E-state index in [2.05, 4.69) is 20.8 Å². The standard InChI is InChI=1S/C17H30O3/c1-12(2)19-15-10-6-14(7-11-15)17(18)20-16-8-4-13(3)5-9-16/h12-16H,4-11H2,1-3H3. The first-order chi connectivity index (χ1) is 9.54. The van der Waals surface area contributed by atoms with Crippen LogP contribution in [0, 0.1) is 11.8 Å². The van der Waals surface area contributed by atoms with Gasteiger partial charge >= 0.3 is 5.97 Å². The van der Waals surface area contributed by atoms with Crippen LogP contribution in [0.25, 0.3) is 0 Å². The molecule has 0 N–H and O–H groups in total. The van der Waals surface area contributed by atoms with E-state index in [4.69, 9.17) is 9.47 Å². The maximum Gasteiger partial charge on any atom is 0.309 e. The molecule has 0 saturated heterocycles. The van der Waals surface area contributed by atoms with Gasteiger partial charge in [-0.25, -0.2) is 0 Å². The lowest BCUT2D eigenvalue weighted by Crippen LogP contribution is -2.32. The maximum absolute atomic E-state index is 12.2. The first-order valence-corrected chi connectivity index (χ1v) is 8.40. The summed E-state index contributed by atoms with van der Waals surface area (Å²) in [6.07, 6.45) is 9.18. The summed E-state index contributed by atoms with van der Waals surface area (Å²) in [5.74, 6) is 0.961. The van der Waals surface area contributed by atoms with E-state index in [0.29, 0.717) is 6.10 Å². The van der Waals surface area contributed by atoms with Gasteiger partial charge in [-0.3, -0.25) is 4.79 Å². The van der Waals surface area contributed by atoms with Crippen molar-refractivity contribution in [3.05, 3.63) is 0 Å². The molecule has 2 saturated carbocycles. The molecule has 0 spiro atoms. The molecular weight excluding hydrogens is 252 g/mol. The van der Waals surface area contributed by atoms with Crippen LogP contribution in [0.3, 0.4) is 0 Å². The number of rotatable bonds is 4. The zero-order valence-corrected chi connectivity index (χ0v) is 13.3. The average Bonchev–Trinajstić information content (AvgIpc) is 2.41. The fraction of sp³-hybridized carbons (Fsp3) is 0.941. The van der Waals surface area contributed by atoms with Crippen LogP contribution in [0.5, 0.6) is 0 Å². The van der Waals surface area contributed by atoms with Gasteiger partial charge in [-0.1, -0.05) is 6.92 Å². The van der Waals surface area contributed by atoms with E-state index in [0.717, 1.165) is 44.4 Å². The van der Waals surface area contributed by atoms with Crippen molar-refractivity contribution < 1.29 is 14.3 Å². The normalized spacial score (nSPS) is 35.0. The molecule has 0 amide bonds. The van der Waals surface area contributed by atoms with Gasteiger partial charge in [0.1, 0.15) is 6.10 Å². The quantitative estimate of drug-likeness (QED) is 0.728. The molecule has 2 rings (SSSR count). The summed E-state index contributed by atoms with van der Waals surface area (Å²) in [4.78, 5) is 12.2. The Bertz CT molecular complexity index is 297. The van der Waals surface area contributed by atoms with E-state index in [1.807, 2.05) is 0 Å². The summed E-state index contributed by atoms with van der Waals surface area (Å²) in [7, 11) is 0. The number of esters is 1. The molecule has 0 unspecified atom stereocenters. The minimum absolute atomic E-state index is 0.0487. The van der Waals surface area contributed by atoms with Gasteiger partial charge in [0.2, 0.25) is 0 Å². The summed E-state index contributed by atoms with van der Waals surface area (Å²) in [5.41, 5.74) is 0. The Morgan fingerprint density at radius 1 is 0.900 bits per heavy atom. The zero-order chi connectivity index (χ0) is 14.5. The highest BCUT2D eigenvalue weighted by Gasteiger charge is 2.30. The van der Waals surface area contributed by atoms with Crippen molar-refractivity contribution in [3.63, 3.8) is 0 Å². The van der Waals surface area contributed by atoms with Crippen molar-refractivity contribution in [2.24, 2.45) is 11.8 Å². The molecule has 0 atom stereocenters. The highest BCUT2D eigenvalue weighted by molar-refractivity contribution is 5.72. The minimum atomic E-state index is 0.0487. The predicted octanol–water partition coefficient (Wildman–Crippen LogP) is 4.09. The fourth-order valence-electron chi connectivity index (χ4n) is 3.43. The van der Waals surface area contributed by atoms with E-state index >= 15 is 0 Å². The van der Waals surface area contributed by atoms with Crippen molar-refractivity contribution in [2.75, 3.05) is 0 Å². The lowest BCUT2D eigenvalue weighted by molar-refractivity contribution is -0.158. The van der Waals surface area contributed by atoms with Crippen LogP contribution < -0.4 is 0 Å². The van der Waals surface area contributed by atoms with Crippen LogP contribution in [0.4, 0.5) is 0 Å². The summed E-state index contributed by atoms with van der Waals surface area (Å²) in [6.45, 7) is 6.43. The van der Waals surface area contributed by atoms with Crippen molar-refractivity contribution >= 4 is 5.97 Å². The molecule has 0 heterocycles. The lowest BCUT2D eigenvalue weighted by atomic mass is 9.86. The lowest BCUT2D eigenvalue weighted by Gasteiger charge is -2.31. The molecular formula is C17H30O3. The van der Waals surface area contributed by atoms with Gasteiger partial charge in [-0.2, -0.15) is 0 Å². The molecule has 0 aliphatic heterocycles. The first kappa shape index (κ1) is 15.8. The second kappa shape index (κ2) is 7.44. The van der Waals surface area contributed by atoms with Gasteiger partial charge in [0.15, 0.2) is 0 Å². The molecule has 0 aromatic rings. The van der Waals surface area contributed by atoms with Crippen LogP contribution in [0.1, 0.15) is 72.1 Å². The fourth-order valence-corrected chi connectivity index (χ4v) is 3.43. The van der Waals surface area contributed by atoms with Crippen molar-refractivity contribution in [2.45, 2.75) is 90.4 Å². The van der Waals surface area contributed by atoms with E-state index in [1.54, 1.807) is 0 Å². The first-order valence-electron chi connectivity index (χ1n) is 8.40. The highest BCUT2D eigenvalue weighted by Crippen LogP contribution is 2.30. The van der Waals surface area contributed by atoms with Crippen LogP contribution in [-0.4, -0.2) is 24.3 Å². The Hall–Kier alpha value is -0.570. The Labute approximate surface area is 123 Å². The molecule has 0 radical (unpaired) electrons. The summed E-state index contributed by atoms with van der Waals surface area (Å²) < 4.78 is 11.5. The smallest absolute Gasteiger partial charge is 0.309 e. The SMILES string of the molecule is CC1CCC(OC(=O)C2CCC(OC(C)C)CC2)CC1. The zero-order valence-electron chi connectivity index (χ0n) is 13.3. The molecule has 0 aromatic heterocycles. The third kappa shape index (κ3) is 4.76. The number of hydrogen-bond donors (Lipinski definition) is 0. The Balaban J connectivity index is 1.69. The molecule has 2 aliphatic carbocycles. The molecule has 20 heavy (non-hydrogen) atoms. The number of ether oxygens (including phenoxy) is 2. The molecule has 0 bridgehead atoms. The summed E-state index contributed by atoms with van der Waals surface area (Å²) >= 11 is 0. The van der Waals surface area contributed by atoms with Crippen LogP contribution in [0.15, 0.2) is 0 Å². The predicted molar refractivity (Wildman–Crippen MR) is 79.5 cm³/mol. The molecule has 3 nitrogen and oxygen atoms in total. The molecule has 3 heteroatoms. The Kier molecular flexibility index (Phi) is 5.88. The number of carbonyl (C=O) groups excluding carboxylic acids is 1. The summed E-state index contributed by atoms with van der Waals surface area (Å²) in [5, 5.41) is 0. The van der Waals surface area contributed by atoms with Crippen LogP contribution in [0.2, 0.25) is 0 Å². The van der Waals surface area contributed by atoms with Gasteiger partial charge < -0.3 is 9.47 Å².